The Bertz CT molecular complexity index is 1530. The smallest absolute Gasteiger partial charge is 0.545 e. The van der Waals surface area contributed by atoms with Crippen molar-refractivity contribution in [1.82, 2.24) is 0 Å². The number of hydrogen-bond acceptors (Lipinski definition) is 7. The maximum Gasteiger partial charge on any atom is 1.00 e. The second-order valence-corrected chi connectivity index (χ2v) is 9.97. The Morgan fingerprint density at radius 1 is 1.03 bits per heavy atom. The number of sulfone groups is 1. The van der Waals surface area contributed by atoms with Gasteiger partial charge in [0, 0.05) is 16.7 Å². The first kappa shape index (κ1) is 25.2. The molecule has 0 amide bonds. The number of nitrogens with zero attached hydrogens (tertiary/aromatic N) is 1. The number of carbonyl (C=O) groups is 2. The first-order valence-electron chi connectivity index (χ1n) is 10.1. The van der Waals surface area contributed by atoms with Crippen LogP contribution in [0.25, 0.3) is 0 Å². The molecule has 5 rings (SSSR count). The number of halogens is 1. The number of hydrogen-bond donors (Lipinski definition) is 0. The average molecular weight is 516 g/mol. The summed E-state index contributed by atoms with van der Waals surface area (Å²) in [5.74, 6) is -0.995. The normalized spacial score (nSPS) is 17.6. The van der Waals surface area contributed by atoms with E-state index in [0.717, 1.165) is 11.3 Å². The van der Waals surface area contributed by atoms with E-state index in [1.807, 2.05) is 12.1 Å². The number of anilines is 1. The number of allylic oxidation sites excluding steroid dienone is 3. The number of ketones is 1. The number of Topliss-reactive ketones (excluding diaryl/α,β-unsaturated/α-hetero) is 1. The van der Waals surface area contributed by atoms with Crippen molar-refractivity contribution in [3.63, 3.8) is 0 Å². The predicted octanol–water partition coefficient (Wildman–Crippen LogP) is 0.502. The quantitative estimate of drug-likeness (QED) is 0.368. The van der Waals surface area contributed by atoms with Gasteiger partial charge >= 0.3 is 29.6 Å². The summed E-state index contributed by atoms with van der Waals surface area (Å²) < 4.78 is 31.8. The van der Waals surface area contributed by atoms with Crippen molar-refractivity contribution < 1.29 is 57.4 Å². The number of carboxylic acids is 1. The molecule has 3 aromatic rings. The number of aromatic carboxylic acids is 1. The number of rotatable bonds is 4. The second-order valence-electron chi connectivity index (χ2n) is 7.65. The summed E-state index contributed by atoms with van der Waals surface area (Å²) in [6.45, 7) is 0.315. The molecule has 0 radical (unpaired) electrons. The molecule has 0 fully saturated rings. The number of fused-ring (bicyclic) bond motifs is 2. The molecule has 0 bridgehead atoms. The van der Waals surface area contributed by atoms with Gasteiger partial charge in [0.15, 0.2) is 5.75 Å². The molecule has 2 aliphatic rings. The SMILES string of the molecule is O=C([O-])c1ccc(CN2/C(=C/C=C3/C(=O)c4ccc(Cl)cc4S3(=O)=O)Oc3ccccc32)cc1.[Na+]. The zero-order valence-corrected chi connectivity index (χ0v) is 22.0. The molecule has 0 aromatic heterocycles. The van der Waals surface area contributed by atoms with Gasteiger partial charge in [-0.25, -0.2) is 8.42 Å². The van der Waals surface area contributed by atoms with Crippen LogP contribution in [0.2, 0.25) is 5.02 Å². The van der Waals surface area contributed by atoms with Crippen LogP contribution in [0.15, 0.2) is 94.6 Å². The third-order valence-electron chi connectivity index (χ3n) is 5.54. The number of benzene rings is 3. The molecule has 2 aliphatic heterocycles. The molecule has 0 N–H and O–H groups in total. The van der Waals surface area contributed by atoms with Crippen LogP contribution in [0, 0.1) is 0 Å². The van der Waals surface area contributed by atoms with Crippen LogP contribution in [-0.2, 0) is 16.4 Å². The van der Waals surface area contributed by atoms with Crippen molar-refractivity contribution >= 4 is 38.9 Å². The van der Waals surface area contributed by atoms with Crippen molar-refractivity contribution in [1.29, 1.82) is 0 Å². The van der Waals surface area contributed by atoms with Crippen LogP contribution >= 0.6 is 11.6 Å². The van der Waals surface area contributed by atoms with E-state index >= 15 is 0 Å². The molecule has 2 heterocycles. The zero-order chi connectivity index (χ0) is 24.0. The van der Waals surface area contributed by atoms with Gasteiger partial charge in [0.05, 0.1) is 23.1 Å². The minimum Gasteiger partial charge on any atom is -0.545 e. The van der Waals surface area contributed by atoms with Crippen LogP contribution in [0.4, 0.5) is 5.69 Å². The molecular formula is C25H15ClNNaO6S. The van der Waals surface area contributed by atoms with Gasteiger partial charge in [-0.15, -0.1) is 0 Å². The fourth-order valence-corrected chi connectivity index (χ4v) is 5.67. The molecule has 170 valence electrons. The fraction of sp³-hybridized carbons (Fsp3) is 0.0400. The molecule has 0 saturated carbocycles. The maximum atomic E-state index is 12.9. The monoisotopic (exact) mass is 515 g/mol. The molecule has 3 aromatic carbocycles. The Balaban J connectivity index is 0.00000289. The van der Waals surface area contributed by atoms with E-state index < -0.39 is 21.6 Å². The van der Waals surface area contributed by atoms with Crippen molar-refractivity contribution in [3.05, 3.63) is 111 Å². The molecule has 35 heavy (non-hydrogen) atoms. The van der Waals surface area contributed by atoms with Crippen molar-refractivity contribution in [3.8, 4) is 5.75 Å². The van der Waals surface area contributed by atoms with Crippen molar-refractivity contribution in [2.75, 3.05) is 4.90 Å². The molecule has 10 heteroatoms. The summed E-state index contributed by atoms with van der Waals surface area (Å²) in [6.07, 6.45) is 2.67. The maximum absolute atomic E-state index is 12.9. The van der Waals surface area contributed by atoms with E-state index in [1.54, 1.807) is 29.2 Å². The van der Waals surface area contributed by atoms with Crippen molar-refractivity contribution in [2.24, 2.45) is 0 Å². The van der Waals surface area contributed by atoms with E-state index in [2.05, 4.69) is 0 Å². The first-order valence-corrected chi connectivity index (χ1v) is 12.0. The van der Waals surface area contributed by atoms with Crippen LogP contribution in [-0.4, -0.2) is 20.2 Å². The summed E-state index contributed by atoms with van der Waals surface area (Å²) in [7, 11) is -4.02. The van der Waals surface area contributed by atoms with E-state index in [0.29, 0.717) is 18.2 Å². The minimum absolute atomic E-state index is 0. The van der Waals surface area contributed by atoms with Crippen LogP contribution in [0.3, 0.4) is 0 Å². The molecule has 0 spiro atoms. The van der Waals surface area contributed by atoms with Gasteiger partial charge in [-0.1, -0.05) is 48.0 Å². The van der Waals surface area contributed by atoms with E-state index in [9.17, 15) is 23.1 Å². The molecular weight excluding hydrogens is 501 g/mol. The van der Waals surface area contributed by atoms with E-state index in [-0.39, 0.29) is 55.5 Å². The summed E-state index contributed by atoms with van der Waals surface area (Å²) in [6, 6.07) is 17.6. The average Bonchev–Trinajstić information content (AvgIpc) is 3.24. The fourth-order valence-electron chi connectivity index (χ4n) is 3.86. The largest absolute Gasteiger partial charge is 1.00 e. The Morgan fingerprint density at radius 3 is 2.46 bits per heavy atom. The van der Waals surface area contributed by atoms with Gasteiger partial charge in [0.25, 0.3) is 0 Å². The molecule has 0 atom stereocenters. The number of para-hydroxylation sites is 2. The van der Waals surface area contributed by atoms with Gasteiger partial charge in [-0.3, -0.25) is 4.79 Å². The van der Waals surface area contributed by atoms with Gasteiger partial charge in [-0.05, 0) is 47.5 Å². The first-order chi connectivity index (χ1) is 16.3. The predicted molar refractivity (Wildman–Crippen MR) is 123 cm³/mol. The van der Waals surface area contributed by atoms with Crippen molar-refractivity contribution in [2.45, 2.75) is 11.4 Å². The van der Waals surface area contributed by atoms with Crippen LogP contribution in [0.5, 0.6) is 5.75 Å². The molecule has 0 unspecified atom stereocenters. The Kier molecular flexibility index (Phi) is 6.95. The Morgan fingerprint density at radius 2 is 1.74 bits per heavy atom. The molecule has 0 aliphatic carbocycles. The summed E-state index contributed by atoms with van der Waals surface area (Å²) >= 11 is 5.93. The second kappa shape index (κ2) is 9.64. The van der Waals surface area contributed by atoms with Crippen LogP contribution < -0.4 is 44.3 Å². The third kappa shape index (κ3) is 4.55. The minimum atomic E-state index is -4.02. The number of ether oxygens (including phenoxy) is 1. The Hall–Kier alpha value is -2.88. The summed E-state index contributed by atoms with van der Waals surface area (Å²) in [5.41, 5.74) is 1.67. The summed E-state index contributed by atoms with van der Waals surface area (Å²) in [5, 5.41) is 11.2. The topological polar surface area (TPSA) is 104 Å². The zero-order valence-electron chi connectivity index (χ0n) is 18.4. The summed E-state index contributed by atoms with van der Waals surface area (Å²) in [4.78, 5) is 25.1. The van der Waals surface area contributed by atoms with Gasteiger partial charge in [0.2, 0.25) is 21.5 Å². The van der Waals surface area contributed by atoms with Gasteiger partial charge in [0.1, 0.15) is 4.91 Å². The third-order valence-corrected chi connectivity index (χ3v) is 7.59. The van der Waals surface area contributed by atoms with E-state index in [4.69, 9.17) is 16.3 Å². The van der Waals surface area contributed by atoms with Gasteiger partial charge < -0.3 is 19.5 Å². The van der Waals surface area contributed by atoms with Crippen LogP contribution in [0.1, 0.15) is 26.3 Å². The standard InChI is InChI=1S/C25H16ClNO6S.Na/c26-17-9-10-18-22(13-17)34(31,32)21(24(18)28)11-12-23-27(19-3-1-2-4-20(19)33-23)14-15-5-7-16(8-6-15)25(29)30;/h1-13H,14H2,(H,29,30);/q;+1/p-1/b21-11-,23-12-;. The number of carbonyl (C=O) groups excluding carboxylic acids is 2. The van der Waals surface area contributed by atoms with E-state index in [1.165, 1.54) is 42.5 Å². The Labute approximate surface area is 228 Å². The molecule has 7 nitrogen and oxygen atoms in total. The van der Waals surface area contributed by atoms with Gasteiger partial charge in [-0.2, -0.15) is 0 Å². The number of carboxylic acid groups (broad SMARTS) is 1. The molecule has 0 saturated heterocycles.